The molecule has 0 saturated carbocycles. The van der Waals surface area contributed by atoms with Crippen molar-refractivity contribution in [3.8, 4) is 11.6 Å². The van der Waals surface area contributed by atoms with Crippen molar-refractivity contribution in [2.75, 3.05) is 25.6 Å². The second-order valence-corrected chi connectivity index (χ2v) is 5.04. The largest absolute Gasteiger partial charge is 0.492 e. The summed E-state index contributed by atoms with van der Waals surface area (Å²) in [6.07, 6.45) is 1.66. The van der Waals surface area contributed by atoms with Gasteiger partial charge in [0.25, 0.3) is 0 Å². The molecule has 0 saturated heterocycles. The summed E-state index contributed by atoms with van der Waals surface area (Å²) in [6, 6.07) is 11.6. The quantitative estimate of drug-likeness (QED) is 0.631. The normalized spacial score (nSPS) is 9.91. The van der Waals surface area contributed by atoms with Crippen molar-refractivity contribution in [1.82, 2.24) is 10.3 Å². The van der Waals surface area contributed by atoms with Crippen molar-refractivity contribution in [2.45, 2.75) is 6.92 Å². The number of aromatic nitrogens is 1. The van der Waals surface area contributed by atoms with E-state index in [2.05, 4.69) is 15.6 Å². The first-order valence-corrected chi connectivity index (χ1v) is 7.32. The number of methoxy groups -OCH3 is 1. The van der Waals surface area contributed by atoms with Gasteiger partial charge in [-0.25, -0.2) is 4.98 Å². The molecular formula is C16H19N3O2S. The SMILES string of the molecule is COc1ccc(NC(=S)NCCOc2ccc(C)cc2)cn1. The maximum Gasteiger partial charge on any atom is 0.213 e. The zero-order valence-corrected chi connectivity index (χ0v) is 13.4. The highest BCUT2D eigenvalue weighted by Crippen LogP contribution is 2.11. The molecule has 6 heteroatoms. The van der Waals surface area contributed by atoms with Gasteiger partial charge in [-0.2, -0.15) is 0 Å². The Labute approximate surface area is 135 Å². The van der Waals surface area contributed by atoms with Crippen LogP contribution in [0, 0.1) is 6.92 Å². The second-order valence-electron chi connectivity index (χ2n) is 4.63. The van der Waals surface area contributed by atoms with E-state index in [9.17, 15) is 0 Å². The van der Waals surface area contributed by atoms with Crippen LogP contribution >= 0.6 is 12.2 Å². The van der Waals surface area contributed by atoms with E-state index in [1.807, 2.05) is 37.3 Å². The van der Waals surface area contributed by atoms with Crippen molar-refractivity contribution < 1.29 is 9.47 Å². The van der Waals surface area contributed by atoms with Crippen LogP contribution in [-0.4, -0.2) is 30.4 Å². The van der Waals surface area contributed by atoms with Gasteiger partial charge in [0, 0.05) is 6.07 Å². The van der Waals surface area contributed by atoms with E-state index in [0.29, 0.717) is 24.1 Å². The van der Waals surface area contributed by atoms with Crippen LogP contribution in [-0.2, 0) is 0 Å². The number of nitrogens with zero attached hydrogens (tertiary/aromatic N) is 1. The minimum absolute atomic E-state index is 0.527. The maximum atomic E-state index is 5.61. The molecule has 1 aromatic carbocycles. The van der Waals surface area contributed by atoms with E-state index in [4.69, 9.17) is 21.7 Å². The molecule has 0 aliphatic carbocycles. The molecule has 5 nitrogen and oxygen atoms in total. The Bertz CT molecular complexity index is 600. The molecule has 0 spiro atoms. The van der Waals surface area contributed by atoms with Gasteiger partial charge in [-0.15, -0.1) is 0 Å². The number of thiocarbonyl (C=S) groups is 1. The lowest BCUT2D eigenvalue weighted by Gasteiger charge is -2.11. The highest BCUT2D eigenvalue weighted by atomic mass is 32.1. The molecule has 0 aliphatic heterocycles. The summed E-state index contributed by atoms with van der Waals surface area (Å²) in [5.41, 5.74) is 2.02. The number of hydrogen-bond acceptors (Lipinski definition) is 4. The number of nitrogens with one attached hydrogen (secondary N) is 2. The smallest absolute Gasteiger partial charge is 0.213 e. The lowest BCUT2D eigenvalue weighted by atomic mass is 10.2. The Balaban J connectivity index is 1.67. The fourth-order valence-electron chi connectivity index (χ4n) is 1.72. The van der Waals surface area contributed by atoms with Crippen LogP contribution in [0.1, 0.15) is 5.56 Å². The lowest BCUT2D eigenvalue weighted by Crippen LogP contribution is -2.31. The summed E-state index contributed by atoms with van der Waals surface area (Å²) in [5.74, 6) is 1.42. The molecule has 1 aromatic heterocycles. The van der Waals surface area contributed by atoms with E-state index in [1.165, 1.54) is 5.56 Å². The molecule has 2 rings (SSSR count). The summed E-state index contributed by atoms with van der Waals surface area (Å²) in [5, 5.41) is 6.65. The Morgan fingerprint density at radius 3 is 2.59 bits per heavy atom. The number of rotatable bonds is 6. The van der Waals surface area contributed by atoms with Crippen molar-refractivity contribution in [3.63, 3.8) is 0 Å². The second kappa shape index (κ2) is 8.19. The first-order chi connectivity index (χ1) is 10.7. The Hall–Kier alpha value is -2.34. The van der Waals surface area contributed by atoms with Gasteiger partial charge in [0.2, 0.25) is 5.88 Å². The van der Waals surface area contributed by atoms with E-state index < -0.39 is 0 Å². The standard InChI is InChI=1S/C16H19N3O2S/c1-12-3-6-14(7-4-12)21-10-9-17-16(22)19-13-5-8-15(20-2)18-11-13/h3-8,11H,9-10H2,1-2H3,(H2,17,19,22). The predicted octanol–water partition coefficient (Wildman–Crippen LogP) is 2.76. The lowest BCUT2D eigenvalue weighted by molar-refractivity contribution is 0.322. The molecule has 2 N–H and O–H groups in total. The fourth-order valence-corrected chi connectivity index (χ4v) is 1.94. The summed E-state index contributed by atoms with van der Waals surface area (Å²) in [7, 11) is 1.58. The molecular weight excluding hydrogens is 298 g/mol. The van der Waals surface area contributed by atoms with Gasteiger partial charge in [0.15, 0.2) is 5.11 Å². The monoisotopic (exact) mass is 317 g/mol. The van der Waals surface area contributed by atoms with Crippen molar-refractivity contribution in [1.29, 1.82) is 0 Å². The van der Waals surface area contributed by atoms with Crippen LogP contribution in [0.25, 0.3) is 0 Å². The summed E-state index contributed by atoms with van der Waals surface area (Å²) >= 11 is 5.21. The van der Waals surface area contributed by atoms with Gasteiger partial charge < -0.3 is 20.1 Å². The maximum absolute atomic E-state index is 5.61. The molecule has 22 heavy (non-hydrogen) atoms. The summed E-state index contributed by atoms with van der Waals surface area (Å²) in [4.78, 5) is 4.10. The number of ether oxygens (including phenoxy) is 2. The molecule has 1 heterocycles. The minimum atomic E-state index is 0.527. The van der Waals surface area contributed by atoms with Crippen LogP contribution < -0.4 is 20.1 Å². The topological polar surface area (TPSA) is 55.4 Å². The average molecular weight is 317 g/mol. The number of benzene rings is 1. The molecule has 0 amide bonds. The van der Waals surface area contributed by atoms with Crippen LogP contribution in [0.15, 0.2) is 42.6 Å². The summed E-state index contributed by atoms with van der Waals surface area (Å²) < 4.78 is 10.6. The Morgan fingerprint density at radius 1 is 1.18 bits per heavy atom. The molecule has 116 valence electrons. The van der Waals surface area contributed by atoms with E-state index >= 15 is 0 Å². The third-order valence-electron chi connectivity index (χ3n) is 2.88. The zero-order chi connectivity index (χ0) is 15.8. The predicted molar refractivity (Wildman–Crippen MR) is 91.7 cm³/mol. The number of hydrogen-bond donors (Lipinski definition) is 2. The average Bonchev–Trinajstić information content (AvgIpc) is 2.54. The molecule has 2 aromatic rings. The molecule has 0 atom stereocenters. The minimum Gasteiger partial charge on any atom is -0.492 e. The van der Waals surface area contributed by atoms with Crippen LogP contribution in [0.2, 0.25) is 0 Å². The molecule has 0 unspecified atom stereocenters. The highest BCUT2D eigenvalue weighted by Gasteiger charge is 1.99. The van der Waals surface area contributed by atoms with Crippen molar-refractivity contribution in [2.24, 2.45) is 0 Å². The van der Waals surface area contributed by atoms with Crippen molar-refractivity contribution >= 4 is 23.0 Å². The van der Waals surface area contributed by atoms with Gasteiger partial charge in [0.05, 0.1) is 25.5 Å². The molecule has 0 aliphatic rings. The van der Waals surface area contributed by atoms with Crippen LogP contribution in [0.5, 0.6) is 11.6 Å². The van der Waals surface area contributed by atoms with E-state index in [1.54, 1.807) is 19.4 Å². The van der Waals surface area contributed by atoms with Gasteiger partial charge in [-0.3, -0.25) is 0 Å². The highest BCUT2D eigenvalue weighted by molar-refractivity contribution is 7.80. The third kappa shape index (κ3) is 5.21. The van der Waals surface area contributed by atoms with Gasteiger partial charge >= 0.3 is 0 Å². The van der Waals surface area contributed by atoms with Crippen LogP contribution in [0.4, 0.5) is 5.69 Å². The Morgan fingerprint density at radius 2 is 1.95 bits per heavy atom. The molecule has 0 bridgehead atoms. The number of aryl methyl sites for hydroxylation is 1. The van der Waals surface area contributed by atoms with Crippen molar-refractivity contribution in [3.05, 3.63) is 48.2 Å². The fraction of sp³-hybridized carbons (Fsp3) is 0.250. The summed E-state index contributed by atoms with van der Waals surface area (Å²) in [6.45, 7) is 3.19. The van der Waals surface area contributed by atoms with E-state index in [-0.39, 0.29) is 0 Å². The van der Waals surface area contributed by atoms with Gasteiger partial charge in [-0.1, -0.05) is 17.7 Å². The first kappa shape index (κ1) is 16.0. The first-order valence-electron chi connectivity index (χ1n) is 6.92. The zero-order valence-electron chi connectivity index (χ0n) is 12.6. The molecule has 0 fully saturated rings. The third-order valence-corrected chi connectivity index (χ3v) is 3.13. The number of anilines is 1. The van der Waals surface area contributed by atoms with Gasteiger partial charge in [0.1, 0.15) is 12.4 Å². The van der Waals surface area contributed by atoms with Gasteiger partial charge in [-0.05, 0) is 37.3 Å². The van der Waals surface area contributed by atoms with E-state index in [0.717, 1.165) is 11.4 Å². The number of pyridine rings is 1. The Kier molecular flexibility index (Phi) is 5.97. The molecule has 0 radical (unpaired) electrons. The van der Waals surface area contributed by atoms with Crippen LogP contribution in [0.3, 0.4) is 0 Å².